The fourth-order valence-corrected chi connectivity index (χ4v) is 3.00. The minimum Gasteiger partial charge on any atom is -0.495 e. The van der Waals surface area contributed by atoms with Crippen LogP contribution in [0.5, 0.6) is 11.5 Å². The molecule has 1 heterocycles. The van der Waals surface area contributed by atoms with Gasteiger partial charge in [0.25, 0.3) is 0 Å². The van der Waals surface area contributed by atoms with Crippen molar-refractivity contribution in [2.45, 2.75) is 32.2 Å². The molecule has 1 N–H and O–H groups in total. The van der Waals surface area contributed by atoms with Crippen molar-refractivity contribution in [2.24, 2.45) is 0 Å². The highest BCUT2D eigenvalue weighted by atomic mass is 35.5. The van der Waals surface area contributed by atoms with Crippen molar-refractivity contribution in [1.82, 2.24) is 5.32 Å². The van der Waals surface area contributed by atoms with E-state index in [-0.39, 0.29) is 0 Å². The van der Waals surface area contributed by atoms with E-state index in [4.69, 9.17) is 21.1 Å². The Balaban J connectivity index is 2.08. The third-order valence-corrected chi connectivity index (χ3v) is 4.27. The van der Waals surface area contributed by atoms with Crippen molar-refractivity contribution in [3.8, 4) is 11.5 Å². The summed E-state index contributed by atoms with van der Waals surface area (Å²) in [6.45, 7) is 5.33. The van der Waals surface area contributed by atoms with Gasteiger partial charge in [-0.25, -0.2) is 0 Å². The number of ether oxygens (including phenoxy) is 2. The Morgan fingerprint density at radius 2 is 1.86 bits per heavy atom. The third-order valence-electron chi connectivity index (χ3n) is 3.97. The van der Waals surface area contributed by atoms with Gasteiger partial charge in [0.05, 0.1) is 24.9 Å². The van der Waals surface area contributed by atoms with E-state index in [1.165, 1.54) is 6.42 Å². The summed E-state index contributed by atoms with van der Waals surface area (Å²) in [5, 5.41) is 4.18. The minimum atomic E-state index is 0.581. The van der Waals surface area contributed by atoms with Gasteiger partial charge in [0.1, 0.15) is 11.5 Å². The summed E-state index contributed by atoms with van der Waals surface area (Å²) in [6, 6.07) is 4.43. The average molecular weight is 313 g/mol. The lowest BCUT2D eigenvalue weighted by Gasteiger charge is -2.35. The lowest BCUT2D eigenvalue weighted by molar-refractivity contribution is 0.392. The number of rotatable bonds is 6. The van der Waals surface area contributed by atoms with Gasteiger partial charge in [0, 0.05) is 31.3 Å². The summed E-state index contributed by atoms with van der Waals surface area (Å²) < 4.78 is 10.8. The smallest absolute Gasteiger partial charge is 0.143 e. The lowest BCUT2D eigenvalue weighted by Crippen LogP contribution is -2.42. The molecule has 2 rings (SSSR count). The molecule has 118 valence electrons. The Kier molecular flexibility index (Phi) is 6.00. The van der Waals surface area contributed by atoms with Crippen LogP contribution in [0.1, 0.15) is 26.2 Å². The first-order chi connectivity index (χ1) is 10.2. The molecule has 0 spiro atoms. The number of piperidine rings is 1. The van der Waals surface area contributed by atoms with Crippen molar-refractivity contribution in [3.63, 3.8) is 0 Å². The highest BCUT2D eigenvalue weighted by Crippen LogP contribution is 2.38. The van der Waals surface area contributed by atoms with Gasteiger partial charge in [0.15, 0.2) is 0 Å². The molecule has 0 radical (unpaired) electrons. The molecule has 1 aliphatic rings. The Morgan fingerprint density at radius 3 is 2.43 bits per heavy atom. The van der Waals surface area contributed by atoms with Crippen LogP contribution in [0.25, 0.3) is 0 Å². The minimum absolute atomic E-state index is 0.581. The maximum absolute atomic E-state index is 6.17. The third kappa shape index (κ3) is 3.95. The predicted molar refractivity (Wildman–Crippen MR) is 88.1 cm³/mol. The van der Waals surface area contributed by atoms with E-state index in [0.29, 0.717) is 16.8 Å². The van der Waals surface area contributed by atoms with Gasteiger partial charge in [-0.05, 0) is 25.8 Å². The number of nitrogens with zero attached hydrogens (tertiary/aromatic N) is 1. The average Bonchev–Trinajstić information content (AvgIpc) is 2.53. The molecular weight excluding hydrogens is 288 g/mol. The van der Waals surface area contributed by atoms with Gasteiger partial charge < -0.3 is 19.7 Å². The summed E-state index contributed by atoms with van der Waals surface area (Å²) in [4.78, 5) is 2.35. The van der Waals surface area contributed by atoms with Crippen LogP contribution in [0.3, 0.4) is 0 Å². The summed E-state index contributed by atoms with van der Waals surface area (Å²) in [5.74, 6) is 1.50. The second kappa shape index (κ2) is 7.76. The number of hydrogen-bond acceptors (Lipinski definition) is 4. The Hall–Kier alpha value is -1.13. The van der Waals surface area contributed by atoms with E-state index < -0.39 is 0 Å². The summed E-state index contributed by atoms with van der Waals surface area (Å²) in [5.41, 5.74) is 1.06. The van der Waals surface area contributed by atoms with Crippen LogP contribution in [0.15, 0.2) is 12.1 Å². The SMILES string of the molecule is CCCNC1CCN(c2cc(OC)c(Cl)cc2OC)CC1. The predicted octanol–water partition coefficient (Wildman–Crippen LogP) is 3.33. The van der Waals surface area contributed by atoms with Gasteiger partial charge in [0.2, 0.25) is 0 Å². The first kappa shape index (κ1) is 16.2. The second-order valence-electron chi connectivity index (χ2n) is 5.37. The molecule has 0 atom stereocenters. The van der Waals surface area contributed by atoms with Crippen LogP contribution in [0.4, 0.5) is 5.69 Å². The molecule has 0 aromatic heterocycles. The van der Waals surface area contributed by atoms with Crippen LogP contribution in [-0.2, 0) is 0 Å². The number of methoxy groups -OCH3 is 2. The fraction of sp³-hybridized carbons (Fsp3) is 0.625. The van der Waals surface area contributed by atoms with E-state index in [9.17, 15) is 0 Å². The number of hydrogen-bond donors (Lipinski definition) is 1. The molecular formula is C16H25ClN2O2. The fourth-order valence-electron chi connectivity index (χ4n) is 2.76. The molecule has 0 unspecified atom stereocenters. The first-order valence-corrected chi connectivity index (χ1v) is 7.97. The van der Waals surface area contributed by atoms with Gasteiger partial charge in [-0.15, -0.1) is 0 Å². The molecule has 4 nitrogen and oxygen atoms in total. The van der Waals surface area contributed by atoms with Crippen LogP contribution in [-0.4, -0.2) is 39.9 Å². The number of nitrogens with one attached hydrogen (secondary N) is 1. The largest absolute Gasteiger partial charge is 0.495 e. The molecule has 0 amide bonds. The van der Waals surface area contributed by atoms with E-state index in [2.05, 4.69) is 17.1 Å². The zero-order valence-electron chi connectivity index (χ0n) is 13.1. The van der Waals surface area contributed by atoms with E-state index in [0.717, 1.165) is 43.9 Å². The van der Waals surface area contributed by atoms with Gasteiger partial charge in [-0.1, -0.05) is 18.5 Å². The molecule has 0 bridgehead atoms. The Bertz CT molecular complexity index is 460. The second-order valence-corrected chi connectivity index (χ2v) is 5.78. The highest BCUT2D eigenvalue weighted by Gasteiger charge is 2.22. The lowest BCUT2D eigenvalue weighted by atomic mass is 10.0. The maximum Gasteiger partial charge on any atom is 0.143 e. The van der Waals surface area contributed by atoms with Crippen molar-refractivity contribution in [3.05, 3.63) is 17.2 Å². The van der Waals surface area contributed by atoms with E-state index in [1.807, 2.05) is 12.1 Å². The summed E-state index contributed by atoms with van der Waals surface area (Å²) in [6.07, 6.45) is 3.48. The normalized spacial score (nSPS) is 16.1. The molecule has 1 aromatic carbocycles. The van der Waals surface area contributed by atoms with Crippen LogP contribution in [0, 0.1) is 0 Å². The standard InChI is InChI=1S/C16H25ClN2O2/c1-4-7-18-12-5-8-19(9-6-12)14-11-15(20-2)13(17)10-16(14)21-3/h10-12,18H,4-9H2,1-3H3. The number of anilines is 1. The Labute approximate surface area is 132 Å². The summed E-state index contributed by atoms with van der Waals surface area (Å²) in [7, 11) is 3.32. The molecule has 1 saturated heterocycles. The van der Waals surface area contributed by atoms with Gasteiger partial charge in [-0.3, -0.25) is 0 Å². The van der Waals surface area contributed by atoms with Crippen LogP contribution >= 0.6 is 11.6 Å². The number of benzene rings is 1. The van der Waals surface area contributed by atoms with Crippen molar-refractivity contribution in [2.75, 3.05) is 38.8 Å². The molecule has 5 heteroatoms. The first-order valence-electron chi connectivity index (χ1n) is 7.59. The highest BCUT2D eigenvalue weighted by molar-refractivity contribution is 6.32. The molecule has 1 aliphatic heterocycles. The topological polar surface area (TPSA) is 33.7 Å². The molecule has 21 heavy (non-hydrogen) atoms. The quantitative estimate of drug-likeness (QED) is 0.873. The maximum atomic E-state index is 6.17. The van der Waals surface area contributed by atoms with Crippen molar-refractivity contribution < 1.29 is 9.47 Å². The zero-order chi connectivity index (χ0) is 15.2. The van der Waals surface area contributed by atoms with Crippen LogP contribution < -0.4 is 19.7 Å². The van der Waals surface area contributed by atoms with Crippen molar-refractivity contribution in [1.29, 1.82) is 0 Å². The molecule has 0 saturated carbocycles. The van der Waals surface area contributed by atoms with E-state index >= 15 is 0 Å². The molecule has 1 aromatic rings. The van der Waals surface area contributed by atoms with Crippen molar-refractivity contribution >= 4 is 17.3 Å². The molecule has 0 aliphatic carbocycles. The number of halogens is 1. The van der Waals surface area contributed by atoms with E-state index in [1.54, 1.807) is 14.2 Å². The monoisotopic (exact) mass is 312 g/mol. The van der Waals surface area contributed by atoms with Crippen LogP contribution in [0.2, 0.25) is 5.02 Å². The van der Waals surface area contributed by atoms with Gasteiger partial charge >= 0.3 is 0 Å². The zero-order valence-corrected chi connectivity index (χ0v) is 13.9. The van der Waals surface area contributed by atoms with Gasteiger partial charge in [-0.2, -0.15) is 0 Å². The summed E-state index contributed by atoms with van der Waals surface area (Å²) >= 11 is 6.17. The Morgan fingerprint density at radius 1 is 1.19 bits per heavy atom. The molecule has 1 fully saturated rings.